The van der Waals surface area contributed by atoms with E-state index in [1.165, 1.54) is 12.0 Å². The van der Waals surface area contributed by atoms with Gasteiger partial charge < -0.3 is 10.6 Å². The molecule has 0 radical (unpaired) electrons. The number of guanidine groups is 1. The predicted molar refractivity (Wildman–Crippen MR) is 97.0 cm³/mol. The summed E-state index contributed by atoms with van der Waals surface area (Å²) in [6.07, 6.45) is 2.40. The van der Waals surface area contributed by atoms with Crippen molar-refractivity contribution in [3.63, 3.8) is 0 Å². The third kappa shape index (κ3) is 4.96. The normalized spacial score (nSPS) is 22.6. The minimum absolute atomic E-state index is 0. The average molecular weight is 387 g/mol. The van der Waals surface area contributed by atoms with Crippen molar-refractivity contribution < 1.29 is 0 Å². The fourth-order valence-corrected chi connectivity index (χ4v) is 2.34. The molecule has 0 bridgehead atoms. The van der Waals surface area contributed by atoms with Gasteiger partial charge in [0.2, 0.25) is 0 Å². The van der Waals surface area contributed by atoms with E-state index in [-0.39, 0.29) is 24.0 Å². The zero-order chi connectivity index (χ0) is 13.7. The Morgan fingerprint density at radius 3 is 2.65 bits per heavy atom. The number of halogens is 1. The average Bonchev–Trinajstić information content (AvgIpc) is 3.23. The standard InChI is InChI=1S/C16H25N3.HI/c1-4-12(2)19-16(17-3)18-11-14-10-15(14)13-8-6-5-7-9-13;/h5-9,12,14-15H,4,10-11H2,1-3H3,(H2,17,18,19);1H. The van der Waals surface area contributed by atoms with Gasteiger partial charge in [-0.2, -0.15) is 0 Å². The van der Waals surface area contributed by atoms with Crippen LogP contribution in [0.2, 0.25) is 0 Å². The van der Waals surface area contributed by atoms with Crippen molar-refractivity contribution in [1.82, 2.24) is 10.6 Å². The van der Waals surface area contributed by atoms with Crippen LogP contribution in [0.25, 0.3) is 0 Å². The van der Waals surface area contributed by atoms with E-state index >= 15 is 0 Å². The molecule has 3 unspecified atom stereocenters. The van der Waals surface area contributed by atoms with E-state index in [4.69, 9.17) is 0 Å². The summed E-state index contributed by atoms with van der Waals surface area (Å²) in [5.74, 6) is 2.40. The van der Waals surface area contributed by atoms with Gasteiger partial charge in [0, 0.05) is 19.6 Å². The molecule has 1 fully saturated rings. The lowest BCUT2D eigenvalue weighted by atomic mass is 10.1. The summed E-state index contributed by atoms with van der Waals surface area (Å²) in [7, 11) is 1.83. The molecule has 4 heteroatoms. The molecule has 1 aromatic carbocycles. The topological polar surface area (TPSA) is 36.4 Å². The first-order valence-corrected chi connectivity index (χ1v) is 7.26. The van der Waals surface area contributed by atoms with E-state index in [1.54, 1.807) is 0 Å². The van der Waals surface area contributed by atoms with Crippen LogP contribution in [0.4, 0.5) is 0 Å². The van der Waals surface area contributed by atoms with Gasteiger partial charge in [0.15, 0.2) is 5.96 Å². The molecule has 2 rings (SSSR count). The minimum atomic E-state index is 0. The number of hydrogen-bond acceptors (Lipinski definition) is 1. The van der Waals surface area contributed by atoms with Crippen LogP contribution in [-0.4, -0.2) is 25.6 Å². The summed E-state index contributed by atoms with van der Waals surface area (Å²) in [6, 6.07) is 11.3. The van der Waals surface area contributed by atoms with Crippen LogP contribution in [0, 0.1) is 5.92 Å². The second-order valence-electron chi connectivity index (χ2n) is 5.42. The number of nitrogens with zero attached hydrogens (tertiary/aromatic N) is 1. The van der Waals surface area contributed by atoms with Crippen molar-refractivity contribution in [3.8, 4) is 0 Å². The highest BCUT2D eigenvalue weighted by molar-refractivity contribution is 14.0. The molecule has 0 saturated heterocycles. The summed E-state index contributed by atoms with van der Waals surface area (Å²) < 4.78 is 0. The van der Waals surface area contributed by atoms with Crippen LogP contribution in [0.1, 0.15) is 38.2 Å². The maximum absolute atomic E-state index is 4.27. The van der Waals surface area contributed by atoms with Crippen molar-refractivity contribution in [2.24, 2.45) is 10.9 Å². The SMILES string of the molecule is CCC(C)NC(=NC)NCC1CC1c1ccccc1.I. The predicted octanol–water partition coefficient (Wildman–Crippen LogP) is 3.37. The lowest BCUT2D eigenvalue weighted by molar-refractivity contribution is 0.617. The van der Waals surface area contributed by atoms with Crippen molar-refractivity contribution in [3.05, 3.63) is 35.9 Å². The molecule has 0 spiro atoms. The molecule has 3 atom stereocenters. The van der Waals surface area contributed by atoms with Crippen molar-refractivity contribution >= 4 is 29.9 Å². The molecular formula is C16H26IN3. The molecule has 0 aromatic heterocycles. The molecule has 20 heavy (non-hydrogen) atoms. The van der Waals surface area contributed by atoms with Crippen LogP contribution < -0.4 is 10.6 Å². The van der Waals surface area contributed by atoms with Crippen LogP contribution in [0.15, 0.2) is 35.3 Å². The van der Waals surface area contributed by atoms with Crippen LogP contribution in [0.5, 0.6) is 0 Å². The molecular weight excluding hydrogens is 361 g/mol. The first-order valence-electron chi connectivity index (χ1n) is 7.26. The van der Waals surface area contributed by atoms with Gasteiger partial charge in [-0.3, -0.25) is 4.99 Å². The Bertz CT molecular complexity index is 419. The van der Waals surface area contributed by atoms with Gasteiger partial charge in [-0.05, 0) is 37.2 Å². The van der Waals surface area contributed by atoms with Crippen molar-refractivity contribution in [2.45, 2.75) is 38.6 Å². The molecule has 0 heterocycles. The molecule has 3 nitrogen and oxygen atoms in total. The van der Waals surface area contributed by atoms with E-state index in [9.17, 15) is 0 Å². The third-order valence-corrected chi connectivity index (χ3v) is 3.90. The zero-order valence-electron chi connectivity index (χ0n) is 12.6. The van der Waals surface area contributed by atoms with Gasteiger partial charge in [0.05, 0.1) is 0 Å². The maximum atomic E-state index is 4.27. The minimum Gasteiger partial charge on any atom is -0.356 e. The van der Waals surface area contributed by atoms with Crippen molar-refractivity contribution in [1.29, 1.82) is 0 Å². The lowest BCUT2D eigenvalue weighted by Gasteiger charge is -2.16. The van der Waals surface area contributed by atoms with Gasteiger partial charge in [-0.1, -0.05) is 37.3 Å². The molecule has 1 aliphatic rings. The Labute approximate surface area is 139 Å². The summed E-state index contributed by atoms with van der Waals surface area (Å²) in [4.78, 5) is 4.27. The van der Waals surface area contributed by atoms with E-state index in [2.05, 4.69) is 59.8 Å². The van der Waals surface area contributed by atoms with Gasteiger partial charge in [0.1, 0.15) is 0 Å². The molecule has 112 valence electrons. The lowest BCUT2D eigenvalue weighted by Crippen LogP contribution is -2.42. The van der Waals surface area contributed by atoms with Gasteiger partial charge in [0.25, 0.3) is 0 Å². The summed E-state index contributed by atoms with van der Waals surface area (Å²) in [5, 5.41) is 6.83. The largest absolute Gasteiger partial charge is 0.356 e. The zero-order valence-corrected chi connectivity index (χ0v) is 14.9. The highest BCUT2D eigenvalue weighted by atomic mass is 127. The monoisotopic (exact) mass is 387 g/mol. The molecule has 1 aliphatic carbocycles. The van der Waals surface area contributed by atoms with Gasteiger partial charge in [-0.15, -0.1) is 24.0 Å². The summed E-state index contributed by atoms with van der Waals surface area (Å²) >= 11 is 0. The maximum Gasteiger partial charge on any atom is 0.191 e. The quantitative estimate of drug-likeness (QED) is 0.462. The first-order chi connectivity index (χ1) is 9.24. The number of benzene rings is 1. The fourth-order valence-electron chi connectivity index (χ4n) is 2.34. The summed E-state index contributed by atoms with van der Waals surface area (Å²) in [5.41, 5.74) is 1.47. The fraction of sp³-hybridized carbons (Fsp3) is 0.562. The summed E-state index contributed by atoms with van der Waals surface area (Å²) in [6.45, 7) is 5.36. The highest BCUT2D eigenvalue weighted by Crippen LogP contribution is 2.46. The van der Waals surface area contributed by atoms with Crippen LogP contribution >= 0.6 is 24.0 Å². The number of aliphatic imine (C=N–C) groups is 1. The van der Waals surface area contributed by atoms with Crippen LogP contribution in [0.3, 0.4) is 0 Å². The Hall–Kier alpha value is -0.780. The van der Waals surface area contributed by atoms with E-state index in [0.717, 1.165) is 30.8 Å². The molecule has 0 amide bonds. The van der Waals surface area contributed by atoms with Gasteiger partial charge in [-0.25, -0.2) is 0 Å². The number of hydrogen-bond donors (Lipinski definition) is 2. The third-order valence-electron chi connectivity index (χ3n) is 3.90. The molecule has 2 N–H and O–H groups in total. The van der Waals surface area contributed by atoms with Crippen molar-refractivity contribution in [2.75, 3.05) is 13.6 Å². The second-order valence-corrected chi connectivity index (χ2v) is 5.42. The first kappa shape index (κ1) is 17.3. The number of rotatable bonds is 5. The Balaban J connectivity index is 0.00000200. The smallest absolute Gasteiger partial charge is 0.191 e. The van der Waals surface area contributed by atoms with E-state index in [1.807, 2.05) is 7.05 Å². The van der Waals surface area contributed by atoms with Crippen LogP contribution in [-0.2, 0) is 0 Å². The Morgan fingerprint density at radius 1 is 1.35 bits per heavy atom. The van der Waals surface area contributed by atoms with E-state index in [0.29, 0.717) is 6.04 Å². The van der Waals surface area contributed by atoms with Gasteiger partial charge >= 0.3 is 0 Å². The molecule has 1 saturated carbocycles. The number of nitrogens with one attached hydrogen (secondary N) is 2. The Morgan fingerprint density at radius 2 is 2.05 bits per heavy atom. The van der Waals surface area contributed by atoms with E-state index < -0.39 is 0 Å². The molecule has 1 aromatic rings. The second kappa shape index (κ2) is 8.49. The Kier molecular flexibility index (Phi) is 7.34. The highest BCUT2D eigenvalue weighted by Gasteiger charge is 2.37. The molecule has 0 aliphatic heterocycles.